The molecule has 3 aliphatic rings. The zero-order chi connectivity index (χ0) is 32.2. The van der Waals surface area contributed by atoms with Crippen LogP contribution in [0.2, 0.25) is 10.1 Å². The van der Waals surface area contributed by atoms with Crippen molar-refractivity contribution in [3.8, 4) is 0 Å². The summed E-state index contributed by atoms with van der Waals surface area (Å²) in [5, 5.41) is 7.19. The van der Waals surface area contributed by atoms with E-state index >= 15 is 0 Å². The lowest BCUT2D eigenvalue weighted by Gasteiger charge is -2.48. The molecule has 4 aromatic carbocycles. The van der Waals surface area contributed by atoms with Gasteiger partial charge in [-0.15, -0.1) is 0 Å². The number of hydroxylamine groups is 2. The molecule has 0 aromatic heterocycles. The maximum atomic E-state index is 8.03. The fourth-order valence-corrected chi connectivity index (χ4v) is 17.7. The molecule has 0 amide bonds. The zero-order valence-electron chi connectivity index (χ0n) is 28.3. The molecule has 0 unspecified atom stereocenters. The van der Waals surface area contributed by atoms with Crippen LogP contribution in [0.1, 0.15) is 60.8 Å². The Bertz CT molecular complexity index is 1540. The van der Waals surface area contributed by atoms with Crippen molar-refractivity contribution in [3.05, 3.63) is 121 Å². The van der Waals surface area contributed by atoms with Gasteiger partial charge in [0.25, 0.3) is 16.6 Å². The van der Waals surface area contributed by atoms with Crippen LogP contribution in [-0.2, 0) is 13.7 Å². The van der Waals surface area contributed by atoms with E-state index in [-0.39, 0.29) is 33.9 Å². The molecule has 6 heteroatoms. The minimum atomic E-state index is -2.87. The fourth-order valence-electron chi connectivity index (χ4n) is 8.33. The Morgan fingerprint density at radius 1 is 0.587 bits per heavy atom. The SMILES string of the molecule is CC(C)(C)[Si](O[C@@H]1[C@@H](O[Si](c2ccccc2)(c2ccccc2)C(C)(C)C)CN2OC3(CC3)C[C@@H]12)(c1ccccc1)c1ccccc1. The normalized spacial score (nSPS) is 23.0. The average molecular weight is 648 g/mol. The van der Waals surface area contributed by atoms with Crippen molar-refractivity contribution in [3.63, 3.8) is 0 Å². The van der Waals surface area contributed by atoms with E-state index in [1.807, 2.05) is 0 Å². The second-order valence-corrected chi connectivity index (χ2v) is 24.2. The highest BCUT2D eigenvalue weighted by Gasteiger charge is 2.64. The standard InChI is InChI=1S/C40H49NO3Si2/c1-38(2,3)45(31-19-11-7-12-20-31,32-21-13-8-14-22-32)42-36-30-41-35(29-40(44-41)27-28-40)37(36)43-46(39(4,5)6,33-23-15-9-16-24-33)34-25-17-10-18-26-34/h7-26,35-37H,27-30H2,1-6H3/t35-,36-,37-/m0/s1. The minimum Gasteiger partial charge on any atom is -0.400 e. The van der Waals surface area contributed by atoms with Crippen molar-refractivity contribution < 1.29 is 13.7 Å². The van der Waals surface area contributed by atoms with Crippen LogP contribution in [0.15, 0.2) is 121 Å². The zero-order valence-corrected chi connectivity index (χ0v) is 30.3. The Kier molecular flexibility index (Phi) is 8.06. The first-order valence-corrected chi connectivity index (χ1v) is 20.8. The Morgan fingerprint density at radius 3 is 1.30 bits per heavy atom. The van der Waals surface area contributed by atoms with Crippen molar-refractivity contribution in [1.29, 1.82) is 0 Å². The van der Waals surface area contributed by atoms with Gasteiger partial charge in [-0.3, -0.25) is 4.84 Å². The van der Waals surface area contributed by atoms with Gasteiger partial charge in [-0.2, -0.15) is 5.06 Å². The summed E-state index contributed by atoms with van der Waals surface area (Å²) in [7, 11) is -5.72. The van der Waals surface area contributed by atoms with Gasteiger partial charge in [-0.05, 0) is 50.1 Å². The third-order valence-electron chi connectivity index (χ3n) is 10.6. The van der Waals surface area contributed by atoms with E-state index in [0.717, 1.165) is 19.3 Å². The quantitative estimate of drug-likeness (QED) is 0.207. The lowest BCUT2D eigenvalue weighted by molar-refractivity contribution is -0.163. The van der Waals surface area contributed by atoms with Gasteiger partial charge in [0, 0.05) is 0 Å². The van der Waals surface area contributed by atoms with Crippen LogP contribution in [-0.4, -0.2) is 52.1 Å². The molecular weight excluding hydrogens is 599 g/mol. The molecule has 0 N–H and O–H groups in total. The molecule has 3 fully saturated rings. The van der Waals surface area contributed by atoms with Gasteiger partial charge >= 0.3 is 0 Å². The Balaban J connectivity index is 1.40. The van der Waals surface area contributed by atoms with Gasteiger partial charge < -0.3 is 8.85 Å². The van der Waals surface area contributed by atoms with Crippen LogP contribution in [0.3, 0.4) is 0 Å². The van der Waals surface area contributed by atoms with E-state index in [9.17, 15) is 0 Å². The molecule has 240 valence electrons. The minimum absolute atomic E-state index is 0.0138. The van der Waals surface area contributed by atoms with Crippen LogP contribution in [0.25, 0.3) is 0 Å². The van der Waals surface area contributed by atoms with Gasteiger partial charge in [0.15, 0.2) is 0 Å². The summed E-state index contributed by atoms with van der Waals surface area (Å²) >= 11 is 0. The predicted molar refractivity (Wildman–Crippen MR) is 193 cm³/mol. The fraction of sp³-hybridized carbons (Fsp3) is 0.400. The molecule has 3 atom stereocenters. The van der Waals surface area contributed by atoms with Crippen molar-refractivity contribution in [2.45, 2.75) is 94.7 Å². The summed E-state index contributed by atoms with van der Waals surface area (Å²) in [6.07, 6.45) is 2.96. The third kappa shape index (κ3) is 5.28. The Morgan fingerprint density at radius 2 is 0.957 bits per heavy atom. The van der Waals surface area contributed by atoms with E-state index in [4.69, 9.17) is 13.7 Å². The number of benzene rings is 4. The second kappa shape index (κ2) is 11.7. The lowest BCUT2D eigenvalue weighted by Crippen LogP contribution is -2.71. The number of hydrogen-bond acceptors (Lipinski definition) is 4. The number of rotatable bonds is 8. The first-order valence-electron chi connectivity index (χ1n) is 17.0. The van der Waals surface area contributed by atoms with Gasteiger partial charge in [0.1, 0.15) is 0 Å². The highest BCUT2D eigenvalue weighted by Crippen LogP contribution is 2.54. The average Bonchev–Trinajstić information content (AvgIpc) is 3.62. The largest absolute Gasteiger partial charge is 0.400 e. The summed E-state index contributed by atoms with van der Waals surface area (Å²) in [4.78, 5) is 6.77. The van der Waals surface area contributed by atoms with Gasteiger partial charge in [-0.25, -0.2) is 0 Å². The summed E-state index contributed by atoms with van der Waals surface area (Å²) in [5.74, 6) is 0. The molecule has 7 rings (SSSR count). The van der Waals surface area contributed by atoms with Gasteiger partial charge in [-0.1, -0.05) is 163 Å². The molecule has 2 aliphatic heterocycles. The van der Waals surface area contributed by atoms with E-state index in [1.54, 1.807) is 0 Å². The summed E-state index contributed by atoms with van der Waals surface area (Å²) < 4.78 is 15.9. The van der Waals surface area contributed by atoms with Gasteiger partial charge in [0.05, 0.1) is 30.4 Å². The van der Waals surface area contributed by atoms with Crippen molar-refractivity contribution in [2.75, 3.05) is 6.54 Å². The predicted octanol–water partition coefficient (Wildman–Crippen LogP) is 6.43. The van der Waals surface area contributed by atoms with Crippen molar-refractivity contribution >= 4 is 37.4 Å². The molecule has 1 spiro atoms. The number of fused-ring (bicyclic) bond motifs is 1. The maximum Gasteiger partial charge on any atom is 0.261 e. The van der Waals surface area contributed by atoms with E-state index < -0.39 is 16.6 Å². The van der Waals surface area contributed by atoms with Crippen molar-refractivity contribution in [1.82, 2.24) is 5.06 Å². The summed E-state index contributed by atoms with van der Waals surface area (Å²) in [6, 6.07) is 44.3. The van der Waals surface area contributed by atoms with Crippen molar-refractivity contribution in [2.24, 2.45) is 0 Å². The Labute approximate surface area is 277 Å². The third-order valence-corrected chi connectivity index (χ3v) is 20.7. The first kappa shape index (κ1) is 31.7. The van der Waals surface area contributed by atoms with E-state index in [0.29, 0.717) is 6.54 Å². The van der Waals surface area contributed by atoms with Crippen LogP contribution >= 0.6 is 0 Å². The topological polar surface area (TPSA) is 30.9 Å². The van der Waals surface area contributed by atoms with Crippen LogP contribution < -0.4 is 20.7 Å². The molecular formula is C40H49NO3Si2. The molecule has 0 radical (unpaired) electrons. The monoisotopic (exact) mass is 647 g/mol. The van der Waals surface area contributed by atoms with E-state index in [1.165, 1.54) is 20.7 Å². The molecule has 4 aromatic rings. The molecule has 4 nitrogen and oxygen atoms in total. The number of nitrogens with zero attached hydrogens (tertiary/aromatic N) is 1. The van der Waals surface area contributed by atoms with Crippen LogP contribution in [0.5, 0.6) is 0 Å². The van der Waals surface area contributed by atoms with Crippen LogP contribution in [0, 0.1) is 0 Å². The summed E-state index contributed by atoms with van der Waals surface area (Å²) in [5.41, 5.74) is -0.0138. The molecule has 0 bridgehead atoms. The van der Waals surface area contributed by atoms with Crippen LogP contribution in [0.4, 0.5) is 0 Å². The Hall–Kier alpha value is -2.85. The summed E-state index contributed by atoms with van der Waals surface area (Å²) in [6.45, 7) is 14.9. The first-order chi connectivity index (χ1) is 22.0. The highest BCUT2D eigenvalue weighted by atomic mass is 28.4. The molecule has 1 aliphatic carbocycles. The highest BCUT2D eigenvalue weighted by molar-refractivity contribution is 7.00. The second-order valence-electron chi connectivity index (χ2n) is 15.7. The van der Waals surface area contributed by atoms with E-state index in [2.05, 4.69) is 168 Å². The number of hydrogen-bond donors (Lipinski definition) is 0. The molecule has 1 saturated carbocycles. The lowest BCUT2D eigenvalue weighted by atomic mass is 10.0. The molecule has 2 saturated heterocycles. The van der Waals surface area contributed by atoms with Gasteiger partial charge in [0.2, 0.25) is 0 Å². The molecule has 2 heterocycles. The maximum absolute atomic E-state index is 8.03. The smallest absolute Gasteiger partial charge is 0.261 e. The molecule has 46 heavy (non-hydrogen) atoms.